The Kier molecular flexibility index (Phi) is 6.30. The Morgan fingerprint density at radius 3 is 2.19 bits per heavy atom. The van der Waals surface area contributed by atoms with Gasteiger partial charge in [0.1, 0.15) is 18.1 Å². The average molecular weight is 434 g/mol. The topological polar surface area (TPSA) is 74.7 Å². The molecule has 1 fully saturated rings. The summed E-state index contributed by atoms with van der Waals surface area (Å²) in [6.45, 7) is 1.65. The third-order valence-electron chi connectivity index (χ3n) is 5.35. The lowest BCUT2D eigenvalue weighted by Gasteiger charge is -2.35. The molecule has 0 saturated carbocycles. The lowest BCUT2D eigenvalue weighted by molar-refractivity contribution is -0.116. The number of amides is 3. The number of nitrogens with one attached hydrogen (secondary N) is 1. The molecule has 0 atom stereocenters. The van der Waals surface area contributed by atoms with Crippen molar-refractivity contribution >= 4 is 23.4 Å². The Balaban J connectivity index is 1.35. The Bertz CT molecular complexity index is 1120. The highest BCUT2D eigenvalue weighted by Gasteiger charge is 2.27. The van der Waals surface area contributed by atoms with Gasteiger partial charge in [0.15, 0.2) is 0 Å². The first-order chi connectivity index (χ1) is 15.5. The van der Waals surface area contributed by atoms with Crippen molar-refractivity contribution in [1.82, 2.24) is 14.4 Å². The molecule has 2 heterocycles. The molecule has 32 heavy (non-hydrogen) atoms. The van der Waals surface area contributed by atoms with E-state index < -0.39 is 5.82 Å². The van der Waals surface area contributed by atoms with Crippen molar-refractivity contribution in [3.05, 3.63) is 90.0 Å². The smallest absolute Gasteiger partial charge is 0.270 e. The highest BCUT2D eigenvalue weighted by atomic mass is 19.1. The largest absolute Gasteiger partial charge is 0.335 e. The number of hydrogen-bond acceptors (Lipinski definition) is 3. The van der Waals surface area contributed by atoms with Gasteiger partial charge < -0.3 is 19.7 Å². The molecule has 0 unspecified atom stereocenters. The van der Waals surface area contributed by atoms with E-state index in [4.69, 9.17) is 0 Å². The SMILES string of the molecule is O=C(Cn1cccc1C(=O)N1CCN(C(=O)c2ccccc2)CC1)Nc1cccc(F)c1. The van der Waals surface area contributed by atoms with E-state index in [9.17, 15) is 18.8 Å². The monoisotopic (exact) mass is 434 g/mol. The van der Waals surface area contributed by atoms with Crippen LogP contribution in [0.25, 0.3) is 0 Å². The van der Waals surface area contributed by atoms with Crippen LogP contribution in [-0.4, -0.2) is 58.3 Å². The predicted octanol–water partition coefficient (Wildman–Crippen LogP) is 2.86. The number of aromatic nitrogens is 1. The van der Waals surface area contributed by atoms with Gasteiger partial charge in [0.25, 0.3) is 11.8 Å². The van der Waals surface area contributed by atoms with Crippen LogP contribution in [0.1, 0.15) is 20.8 Å². The zero-order valence-corrected chi connectivity index (χ0v) is 17.4. The van der Waals surface area contributed by atoms with Crippen molar-refractivity contribution in [3.63, 3.8) is 0 Å². The Labute approximate surface area is 185 Å². The maximum atomic E-state index is 13.3. The summed E-state index contributed by atoms with van der Waals surface area (Å²) in [4.78, 5) is 41.4. The van der Waals surface area contributed by atoms with E-state index in [1.54, 1.807) is 50.9 Å². The lowest BCUT2D eigenvalue weighted by Crippen LogP contribution is -2.51. The van der Waals surface area contributed by atoms with Crippen molar-refractivity contribution < 1.29 is 18.8 Å². The minimum atomic E-state index is -0.440. The number of piperazine rings is 1. The average Bonchev–Trinajstić information content (AvgIpc) is 3.26. The van der Waals surface area contributed by atoms with Gasteiger partial charge in [-0.25, -0.2) is 4.39 Å². The molecule has 0 spiro atoms. The highest BCUT2D eigenvalue weighted by molar-refractivity contribution is 5.96. The first-order valence-electron chi connectivity index (χ1n) is 10.4. The lowest BCUT2D eigenvalue weighted by atomic mass is 10.2. The molecule has 0 bridgehead atoms. The quantitative estimate of drug-likeness (QED) is 0.671. The first kappa shape index (κ1) is 21.3. The normalized spacial score (nSPS) is 13.7. The van der Waals surface area contributed by atoms with E-state index >= 15 is 0 Å². The van der Waals surface area contributed by atoms with Crippen LogP contribution in [0.15, 0.2) is 72.9 Å². The van der Waals surface area contributed by atoms with Crippen LogP contribution in [0, 0.1) is 5.82 Å². The number of carbonyl (C=O) groups excluding carboxylic acids is 3. The number of anilines is 1. The summed E-state index contributed by atoms with van der Waals surface area (Å²) in [5.41, 5.74) is 1.38. The third-order valence-corrected chi connectivity index (χ3v) is 5.35. The molecule has 0 aliphatic carbocycles. The van der Waals surface area contributed by atoms with Crippen LogP contribution >= 0.6 is 0 Å². The second kappa shape index (κ2) is 9.47. The van der Waals surface area contributed by atoms with Gasteiger partial charge in [0.2, 0.25) is 5.91 Å². The van der Waals surface area contributed by atoms with Crippen LogP contribution in [0.4, 0.5) is 10.1 Å². The molecule has 1 aromatic heterocycles. The van der Waals surface area contributed by atoms with E-state index in [0.717, 1.165) is 0 Å². The second-order valence-corrected chi connectivity index (χ2v) is 7.53. The highest BCUT2D eigenvalue weighted by Crippen LogP contribution is 2.14. The molecule has 3 aromatic rings. The fourth-order valence-electron chi connectivity index (χ4n) is 3.71. The van der Waals surface area contributed by atoms with Gasteiger partial charge in [-0.05, 0) is 42.5 Å². The molecule has 0 radical (unpaired) electrons. The van der Waals surface area contributed by atoms with Gasteiger partial charge in [-0.15, -0.1) is 0 Å². The molecule has 1 saturated heterocycles. The molecule has 8 heteroatoms. The standard InChI is InChI=1S/C24H23FN4O3/c25-19-8-4-9-20(16-19)26-22(30)17-29-11-5-10-21(29)24(32)28-14-12-27(13-15-28)23(31)18-6-2-1-3-7-18/h1-11,16H,12-15,17H2,(H,26,30). The number of hydrogen-bond donors (Lipinski definition) is 1. The Hall–Kier alpha value is -3.94. The number of rotatable bonds is 5. The molecule has 1 N–H and O–H groups in total. The number of benzene rings is 2. The van der Waals surface area contributed by atoms with Crippen LogP contribution in [0.5, 0.6) is 0 Å². The van der Waals surface area contributed by atoms with Crippen LogP contribution in [0.3, 0.4) is 0 Å². The molecule has 4 rings (SSSR count). The van der Waals surface area contributed by atoms with Gasteiger partial charge in [-0.1, -0.05) is 24.3 Å². The van der Waals surface area contributed by atoms with Gasteiger partial charge in [-0.3, -0.25) is 14.4 Å². The van der Waals surface area contributed by atoms with Crippen molar-refractivity contribution in [1.29, 1.82) is 0 Å². The van der Waals surface area contributed by atoms with E-state index in [1.807, 2.05) is 18.2 Å². The van der Waals surface area contributed by atoms with Crippen LogP contribution < -0.4 is 5.32 Å². The number of carbonyl (C=O) groups is 3. The van der Waals surface area contributed by atoms with Crippen LogP contribution in [-0.2, 0) is 11.3 Å². The van der Waals surface area contributed by atoms with Gasteiger partial charge in [0, 0.05) is 43.6 Å². The maximum absolute atomic E-state index is 13.3. The molecule has 3 amide bonds. The molecular formula is C24H23FN4O3. The van der Waals surface area contributed by atoms with Gasteiger partial charge >= 0.3 is 0 Å². The fraction of sp³-hybridized carbons (Fsp3) is 0.208. The van der Waals surface area contributed by atoms with E-state index in [0.29, 0.717) is 43.1 Å². The molecule has 7 nitrogen and oxygen atoms in total. The summed E-state index contributed by atoms with van der Waals surface area (Å²) in [5, 5.41) is 2.63. The summed E-state index contributed by atoms with van der Waals surface area (Å²) in [5.74, 6) is -1.04. The molecule has 164 valence electrons. The summed E-state index contributed by atoms with van der Waals surface area (Å²) >= 11 is 0. The number of nitrogens with zero attached hydrogens (tertiary/aromatic N) is 3. The predicted molar refractivity (Wildman–Crippen MR) is 118 cm³/mol. The second-order valence-electron chi connectivity index (χ2n) is 7.53. The zero-order valence-electron chi connectivity index (χ0n) is 17.4. The van der Waals surface area contributed by atoms with Crippen molar-refractivity contribution in [2.45, 2.75) is 6.54 Å². The van der Waals surface area contributed by atoms with E-state index in [-0.39, 0.29) is 24.3 Å². The molecular weight excluding hydrogens is 411 g/mol. The van der Waals surface area contributed by atoms with E-state index in [2.05, 4.69) is 5.32 Å². The minimum Gasteiger partial charge on any atom is -0.335 e. The first-order valence-corrected chi connectivity index (χ1v) is 10.4. The van der Waals surface area contributed by atoms with Gasteiger partial charge in [0.05, 0.1) is 0 Å². The summed E-state index contributed by atoms with van der Waals surface area (Å²) in [6.07, 6.45) is 1.66. The van der Waals surface area contributed by atoms with E-state index in [1.165, 1.54) is 18.2 Å². The maximum Gasteiger partial charge on any atom is 0.270 e. The van der Waals surface area contributed by atoms with Crippen molar-refractivity contribution in [2.75, 3.05) is 31.5 Å². The zero-order chi connectivity index (χ0) is 22.5. The minimum absolute atomic E-state index is 0.0462. The van der Waals surface area contributed by atoms with Crippen molar-refractivity contribution in [3.8, 4) is 0 Å². The number of halogens is 1. The molecule has 1 aliphatic rings. The molecule has 2 aromatic carbocycles. The summed E-state index contributed by atoms with van der Waals surface area (Å²) in [7, 11) is 0. The Morgan fingerprint density at radius 2 is 1.50 bits per heavy atom. The summed E-state index contributed by atoms with van der Waals surface area (Å²) < 4.78 is 14.9. The van der Waals surface area contributed by atoms with Crippen molar-refractivity contribution in [2.24, 2.45) is 0 Å². The summed E-state index contributed by atoms with van der Waals surface area (Å²) in [6, 6.07) is 18.1. The molecule has 1 aliphatic heterocycles. The van der Waals surface area contributed by atoms with Gasteiger partial charge in [-0.2, -0.15) is 0 Å². The Morgan fingerprint density at radius 1 is 0.812 bits per heavy atom. The third kappa shape index (κ3) is 4.85. The fourth-order valence-corrected chi connectivity index (χ4v) is 3.71. The van der Waals surface area contributed by atoms with Crippen LogP contribution in [0.2, 0.25) is 0 Å².